The maximum absolute atomic E-state index is 12.8. The summed E-state index contributed by atoms with van der Waals surface area (Å²) in [7, 11) is 0. The predicted octanol–water partition coefficient (Wildman–Crippen LogP) is 2.79. The van der Waals surface area contributed by atoms with Gasteiger partial charge in [0.25, 0.3) is 0 Å². The number of carbonyl (C=O) groups is 1. The van der Waals surface area contributed by atoms with Gasteiger partial charge in [-0.2, -0.15) is 0 Å². The van der Waals surface area contributed by atoms with Gasteiger partial charge in [0.1, 0.15) is 11.5 Å². The molecule has 112 valence electrons. The normalized spacial score (nSPS) is 41.3. The van der Waals surface area contributed by atoms with Crippen LogP contribution in [0.2, 0.25) is 0 Å². The van der Waals surface area contributed by atoms with Crippen molar-refractivity contribution in [2.24, 2.45) is 17.3 Å². The number of carbonyl (C=O) groups excluding carboxylic acids is 1. The molecule has 0 radical (unpaired) electrons. The minimum Gasteiger partial charge on any atom is -0.508 e. The second-order valence-electron chi connectivity index (χ2n) is 7.41. The van der Waals surface area contributed by atoms with E-state index in [0.29, 0.717) is 18.3 Å². The fraction of sp³-hybridized carbons (Fsp3) is 0.611. The molecule has 21 heavy (non-hydrogen) atoms. The van der Waals surface area contributed by atoms with Gasteiger partial charge in [0.05, 0.1) is 6.10 Å². The van der Waals surface area contributed by atoms with E-state index in [-0.39, 0.29) is 29.0 Å². The number of fused-ring (bicyclic) bond motifs is 5. The summed E-state index contributed by atoms with van der Waals surface area (Å²) in [4.78, 5) is 12.8. The summed E-state index contributed by atoms with van der Waals surface area (Å²) in [5.41, 5.74) is 2.04. The number of aliphatic hydroxyl groups excluding tert-OH is 1. The Hall–Kier alpha value is -1.35. The Kier molecular flexibility index (Phi) is 2.74. The summed E-state index contributed by atoms with van der Waals surface area (Å²) in [5, 5.41) is 20.0. The molecule has 5 atom stereocenters. The Morgan fingerprint density at radius 1 is 1.24 bits per heavy atom. The quantitative estimate of drug-likeness (QED) is 0.771. The zero-order valence-electron chi connectivity index (χ0n) is 12.4. The van der Waals surface area contributed by atoms with Crippen LogP contribution in [0.4, 0.5) is 0 Å². The lowest BCUT2D eigenvalue weighted by Gasteiger charge is -2.49. The minimum atomic E-state index is -0.325. The number of aromatic hydroxyl groups is 1. The van der Waals surface area contributed by atoms with Crippen LogP contribution >= 0.6 is 0 Å². The van der Waals surface area contributed by atoms with Crippen molar-refractivity contribution in [3.8, 4) is 5.75 Å². The van der Waals surface area contributed by atoms with Crippen LogP contribution in [0.3, 0.4) is 0 Å². The molecule has 1 unspecified atom stereocenters. The summed E-state index contributed by atoms with van der Waals surface area (Å²) in [6.45, 7) is 2.11. The molecule has 4 rings (SSSR count). The number of aliphatic hydroxyl groups is 1. The first-order chi connectivity index (χ1) is 10.0. The molecule has 0 heterocycles. The molecular formula is C18H22O3. The van der Waals surface area contributed by atoms with Gasteiger partial charge in [0, 0.05) is 17.8 Å². The molecule has 0 amide bonds. The fourth-order valence-corrected chi connectivity index (χ4v) is 5.36. The summed E-state index contributed by atoms with van der Waals surface area (Å²) in [5.74, 6) is 1.38. The van der Waals surface area contributed by atoms with E-state index in [1.54, 1.807) is 6.07 Å². The van der Waals surface area contributed by atoms with Crippen molar-refractivity contribution < 1.29 is 15.0 Å². The van der Waals surface area contributed by atoms with Gasteiger partial charge < -0.3 is 10.2 Å². The lowest BCUT2D eigenvalue weighted by molar-refractivity contribution is -0.134. The molecule has 2 fully saturated rings. The number of Topliss-reactive ketones (excluding diaryl/α,β-unsaturated/α-hetero) is 1. The highest BCUT2D eigenvalue weighted by molar-refractivity contribution is 5.88. The number of hydrogen-bond acceptors (Lipinski definition) is 3. The fourth-order valence-electron chi connectivity index (χ4n) is 5.36. The SMILES string of the molecule is C[C@]12CC(=O)[C@@H]3c4ccc(O)cc4CC[C@H]3[C@@H]1CCC2O. The third-order valence-electron chi connectivity index (χ3n) is 6.42. The molecule has 1 aromatic rings. The van der Waals surface area contributed by atoms with Crippen molar-refractivity contribution in [2.45, 2.75) is 51.0 Å². The van der Waals surface area contributed by atoms with E-state index < -0.39 is 0 Å². The number of phenols is 1. The third-order valence-corrected chi connectivity index (χ3v) is 6.42. The Balaban J connectivity index is 1.78. The first-order valence-electron chi connectivity index (χ1n) is 8.03. The summed E-state index contributed by atoms with van der Waals surface area (Å²) < 4.78 is 0. The number of phenolic OH excluding ortho intramolecular Hbond substituents is 1. The molecule has 0 saturated heterocycles. The van der Waals surface area contributed by atoms with Crippen molar-refractivity contribution in [1.29, 1.82) is 0 Å². The number of benzene rings is 1. The minimum absolute atomic E-state index is 0.0160. The van der Waals surface area contributed by atoms with Gasteiger partial charge in [0.15, 0.2) is 0 Å². The summed E-state index contributed by atoms with van der Waals surface area (Å²) in [6, 6.07) is 5.45. The lowest BCUT2D eigenvalue weighted by atomic mass is 9.55. The Labute approximate surface area is 125 Å². The molecular weight excluding hydrogens is 264 g/mol. The average Bonchev–Trinajstić information content (AvgIpc) is 2.74. The van der Waals surface area contributed by atoms with Crippen LogP contribution in [0.1, 0.15) is 49.7 Å². The van der Waals surface area contributed by atoms with Gasteiger partial charge in [-0.1, -0.05) is 13.0 Å². The summed E-state index contributed by atoms with van der Waals surface area (Å²) in [6.07, 6.45) is 3.98. The first kappa shape index (κ1) is 13.3. The zero-order chi connectivity index (χ0) is 14.8. The average molecular weight is 286 g/mol. The molecule has 3 nitrogen and oxygen atoms in total. The van der Waals surface area contributed by atoms with Gasteiger partial charge >= 0.3 is 0 Å². The van der Waals surface area contributed by atoms with Crippen LogP contribution in [0.5, 0.6) is 5.75 Å². The Bertz CT molecular complexity index is 608. The van der Waals surface area contributed by atoms with Crippen molar-refractivity contribution in [2.75, 3.05) is 0 Å². The van der Waals surface area contributed by atoms with Crippen molar-refractivity contribution in [3.63, 3.8) is 0 Å². The van der Waals surface area contributed by atoms with E-state index >= 15 is 0 Å². The van der Waals surface area contributed by atoms with Gasteiger partial charge in [-0.05, 0) is 60.8 Å². The highest BCUT2D eigenvalue weighted by atomic mass is 16.3. The van der Waals surface area contributed by atoms with Crippen LogP contribution in [0.15, 0.2) is 18.2 Å². The molecule has 0 bridgehead atoms. The first-order valence-corrected chi connectivity index (χ1v) is 8.03. The van der Waals surface area contributed by atoms with Crippen LogP contribution < -0.4 is 0 Å². The van der Waals surface area contributed by atoms with E-state index in [4.69, 9.17) is 0 Å². The van der Waals surface area contributed by atoms with Crippen LogP contribution in [-0.2, 0) is 11.2 Å². The predicted molar refractivity (Wildman–Crippen MR) is 79.1 cm³/mol. The zero-order valence-corrected chi connectivity index (χ0v) is 12.4. The van der Waals surface area contributed by atoms with E-state index in [2.05, 4.69) is 6.92 Å². The van der Waals surface area contributed by atoms with Crippen molar-refractivity contribution in [3.05, 3.63) is 29.3 Å². The third kappa shape index (κ3) is 1.73. The maximum atomic E-state index is 12.8. The monoisotopic (exact) mass is 286 g/mol. The smallest absolute Gasteiger partial charge is 0.141 e. The van der Waals surface area contributed by atoms with Gasteiger partial charge in [-0.25, -0.2) is 0 Å². The molecule has 0 aliphatic heterocycles. The highest BCUT2D eigenvalue weighted by Crippen LogP contribution is 2.59. The highest BCUT2D eigenvalue weighted by Gasteiger charge is 2.57. The van der Waals surface area contributed by atoms with Gasteiger partial charge in [-0.15, -0.1) is 0 Å². The Morgan fingerprint density at radius 3 is 2.86 bits per heavy atom. The molecule has 0 spiro atoms. The lowest BCUT2D eigenvalue weighted by Crippen LogP contribution is -2.48. The topological polar surface area (TPSA) is 57.5 Å². The number of hydrogen-bond donors (Lipinski definition) is 2. The standard InChI is InChI=1S/C18H22O3/c1-18-9-15(20)17-12-5-3-11(19)8-10(12)2-4-13(17)14(18)6-7-16(18)21/h3,5,8,13-14,16-17,19,21H,2,4,6-7,9H2,1H3/t13-,14-,16?,17+,18-/m0/s1. The van der Waals surface area contributed by atoms with Gasteiger partial charge in [-0.3, -0.25) is 4.79 Å². The molecule has 1 aromatic carbocycles. The van der Waals surface area contributed by atoms with Crippen molar-refractivity contribution >= 4 is 5.78 Å². The second-order valence-corrected chi connectivity index (χ2v) is 7.41. The van der Waals surface area contributed by atoms with E-state index in [1.165, 1.54) is 0 Å². The molecule has 0 aromatic heterocycles. The molecule has 2 saturated carbocycles. The van der Waals surface area contributed by atoms with E-state index in [0.717, 1.165) is 36.8 Å². The number of aryl methyl sites for hydroxylation is 1. The molecule has 2 N–H and O–H groups in total. The molecule has 3 aliphatic carbocycles. The van der Waals surface area contributed by atoms with E-state index in [1.807, 2.05) is 12.1 Å². The maximum Gasteiger partial charge on any atom is 0.141 e. The van der Waals surface area contributed by atoms with Crippen LogP contribution in [0, 0.1) is 17.3 Å². The molecule has 3 heteroatoms. The Morgan fingerprint density at radius 2 is 2.05 bits per heavy atom. The van der Waals surface area contributed by atoms with E-state index in [9.17, 15) is 15.0 Å². The second kappa shape index (κ2) is 4.33. The van der Waals surface area contributed by atoms with Gasteiger partial charge in [0.2, 0.25) is 0 Å². The largest absolute Gasteiger partial charge is 0.508 e. The summed E-state index contributed by atoms with van der Waals surface area (Å²) >= 11 is 0. The number of rotatable bonds is 0. The number of ketones is 1. The van der Waals surface area contributed by atoms with Crippen LogP contribution in [-0.4, -0.2) is 22.1 Å². The van der Waals surface area contributed by atoms with Crippen LogP contribution in [0.25, 0.3) is 0 Å². The molecule has 3 aliphatic rings. The van der Waals surface area contributed by atoms with Crippen molar-refractivity contribution in [1.82, 2.24) is 0 Å².